The van der Waals surface area contributed by atoms with Crippen LogP contribution in [0.25, 0.3) is 0 Å². The van der Waals surface area contributed by atoms with Gasteiger partial charge in [-0.1, -0.05) is 18.2 Å². The van der Waals surface area contributed by atoms with E-state index >= 15 is 0 Å². The van der Waals surface area contributed by atoms with Crippen molar-refractivity contribution in [2.45, 2.75) is 51.9 Å². The van der Waals surface area contributed by atoms with E-state index in [9.17, 15) is 4.79 Å². The molecule has 0 radical (unpaired) electrons. The zero-order valence-electron chi connectivity index (χ0n) is 11.9. The summed E-state index contributed by atoms with van der Waals surface area (Å²) in [5.74, 6) is 0.923. The molecule has 2 bridgehead atoms. The standard InChI is InChI=1S/C15H20N2O2/c1-9(2)17-14(18)16-12-8-15(17,4)19-13-10(3)6-5-7-11(12)13/h5-7,9,12H,8H2,1-4H3,(H,16,18). The van der Waals surface area contributed by atoms with Crippen LogP contribution in [0.3, 0.4) is 0 Å². The second kappa shape index (κ2) is 3.89. The summed E-state index contributed by atoms with van der Waals surface area (Å²) in [5.41, 5.74) is 1.66. The molecule has 0 aliphatic carbocycles. The lowest BCUT2D eigenvalue weighted by atomic mass is 9.88. The van der Waals surface area contributed by atoms with Crippen LogP contribution in [0.1, 0.15) is 44.4 Å². The summed E-state index contributed by atoms with van der Waals surface area (Å²) in [4.78, 5) is 14.1. The van der Waals surface area contributed by atoms with Crippen molar-refractivity contribution in [3.63, 3.8) is 0 Å². The second-order valence-corrected chi connectivity index (χ2v) is 5.94. The molecule has 2 aliphatic rings. The van der Waals surface area contributed by atoms with E-state index in [0.717, 1.165) is 23.3 Å². The number of ether oxygens (including phenoxy) is 1. The molecule has 2 atom stereocenters. The highest BCUT2D eigenvalue weighted by Gasteiger charge is 2.50. The Morgan fingerprint density at radius 2 is 2.21 bits per heavy atom. The maximum Gasteiger partial charge on any atom is 0.321 e. The average Bonchev–Trinajstić information content (AvgIpc) is 2.29. The van der Waals surface area contributed by atoms with E-state index in [4.69, 9.17) is 4.74 Å². The lowest BCUT2D eigenvalue weighted by molar-refractivity contribution is -0.0967. The van der Waals surface area contributed by atoms with Gasteiger partial charge in [0.15, 0.2) is 5.72 Å². The number of hydrogen-bond acceptors (Lipinski definition) is 2. The number of para-hydroxylation sites is 1. The number of benzene rings is 1. The normalized spacial score (nSPS) is 28.8. The Labute approximate surface area is 113 Å². The molecule has 0 aromatic heterocycles. The number of nitrogens with zero attached hydrogens (tertiary/aromatic N) is 1. The van der Waals surface area contributed by atoms with E-state index in [1.165, 1.54) is 0 Å². The zero-order chi connectivity index (χ0) is 13.8. The van der Waals surface area contributed by atoms with Crippen molar-refractivity contribution in [3.8, 4) is 5.75 Å². The predicted octanol–water partition coefficient (Wildman–Crippen LogP) is 2.97. The maximum atomic E-state index is 12.3. The molecule has 2 amide bonds. The molecule has 1 saturated heterocycles. The smallest absolute Gasteiger partial charge is 0.321 e. The molecule has 0 saturated carbocycles. The van der Waals surface area contributed by atoms with Gasteiger partial charge in [-0.25, -0.2) is 4.79 Å². The highest BCUT2D eigenvalue weighted by molar-refractivity contribution is 5.77. The lowest BCUT2D eigenvalue weighted by Gasteiger charge is -2.52. The number of carbonyl (C=O) groups is 1. The molecule has 4 heteroatoms. The van der Waals surface area contributed by atoms with Crippen LogP contribution in [0.5, 0.6) is 5.75 Å². The summed E-state index contributed by atoms with van der Waals surface area (Å²) < 4.78 is 6.23. The van der Waals surface area contributed by atoms with Gasteiger partial charge in [0, 0.05) is 18.0 Å². The summed E-state index contributed by atoms with van der Waals surface area (Å²) in [6, 6.07) is 6.22. The SMILES string of the molecule is Cc1cccc2c1OC1(C)CC2NC(=O)N1C(C)C. The Bertz CT molecular complexity index is 541. The predicted molar refractivity (Wildman–Crippen MR) is 73.1 cm³/mol. The number of hydrogen-bond donors (Lipinski definition) is 1. The molecular weight excluding hydrogens is 240 g/mol. The van der Waals surface area contributed by atoms with Gasteiger partial charge in [-0.2, -0.15) is 0 Å². The number of carbonyl (C=O) groups excluding carboxylic acids is 1. The molecular formula is C15H20N2O2. The fourth-order valence-electron chi connectivity index (χ4n) is 3.33. The fraction of sp³-hybridized carbons (Fsp3) is 0.533. The number of rotatable bonds is 1. The van der Waals surface area contributed by atoms with Crippen molar-refractivity contribution in [2.24, 2.45) is 0 Å². The van der Waals surface area contributed by atoms with Gasteiger partial charge in [-0.15, -0.1) is 0 Å². The van der Waals surface area contributed by atoms with Crippen LogP contribution >= 0.6 is 0 Å². The third-order valence-corrected chi connectivity index (χ3v) is 4.07. The number of urea groups is 1. The van der Waals surface area contributed by atoms with Crippen LogP contribution in [-0.2, 0) is 0 Å². The molecule has 3 rings (SSSR count). The Kier molecular flexibility index (Phi) is 2.52. The molecule has 0 spiro atoms. The zero-order valence-corrected chi connectivity index (χ0v) is 11.9. The minimum absolute atomic E-state index is 0.0408. The third kappa shape index (κ3) is 1.70. The number of nitrogens with one attached hydrogen (secondary N) is 1. The molecule has 2 heterocycles. The molecule has 1 fully saturated rings. The number of aryl methyl sites for hydroxylation is 1. The van der Waals surface area contributed by atoms with Gasteiger partial charge in [-0.05, 0) is 33.3 Å². The summed E-state index contributed by atoms with van der Waals surface area (Å²) in [6.45, 7) is 8.09. The van der Waals surface area contributed by atoms with Crippen molar-refractivity contribution >= 4 is 6.03 Å². The molecule has 1 aromatic rings. The maximum absolute atomic E-state index is 12.3. The van der Waals surface area contributed by atoms with E-state index in [1.807, 2.05) is 45.9 Å². The average molecular weight is 260 g/mol. The van der Waals surface area contributed by atoms with Gasteiger partial charge in [0.2, 0.25) is 0 Å². The Morgan fingerprint density at radius 3 is 2.89 bits per heavy atom. The van der Waals surface area contributed by atoms with Crippen LogP contribution in [0, 0.1) is 6.92 Å². The second-order valence-electron chi connectivity index (χ2n) is 5.94. The van der Waals surface area contributed by atoms with Crippen molar-refractivity contribution in [1.29, 1.82) is 0 Å². The first-order chi connectivity index (χ1) is 8.92. The molecule has 1 N–H and O–H groups in total. The Balaban J connectivity index is 2.11. The van der Waals surface area contributed by atoms with Crippen LogP contribution in [-0.4, -0.2) is 22.7 Å². The molecule has 4 nitrogen and oxygen atoms in total. The van der Waals surface area contributed by atoms with Gasteiger partial charge in [-0.3, -0.25) is 4.90 Å². The van der Waals surface area contributed by atoms with E-state index in [-0.39, 0.29) is 18.1 Å². The summed E-state index contributed by atoms with van der Waals surface area (Å²) in [5, 5.41) is 3.09. The molecule has 2 aliphatic heterocycles. The number of fused-ring (bicyclic) bond motifs is 4. The topological polar surface area (TPSA) is 41.6 Å². The largest absolute Gasteiger partial charge is 0.467 e. The van der Waals surface area contributed by atoms with E-state index in [0.29, 0.717) is 0 Å². The monoisotopic (exact) mass is 260 g/mol. The quantitative estimate of drug-likeness (QED) is 0.843. The highest BCUT2D eigenvalue weighted by atomic mass is 16.5. The van der Waals surface area contributed by atoms with Gasteiger partial charge in [0.05, 0.1) is 6.04 Å². The van der Waals surface area contributed by atoms with Crippen molar-refractivity contribution in [1.82, 2.24) is 10.2 Å². The minimum Gasteiger partial charge on any atom is -0.467 e. The van der Waals surface area contributed by atoms with E-state index in [2.05, 4.69) is 5.32 Å². The molecule has 19 heavy (non-hydrogen) atoms. The minimum atomic E-state index is -0.555. The molecule has 1 aromatic carbocycles. The van der Waals surface area contributed by atoms with Crippen LogP contribution < -0.4 is 10.1 Å². The first kappa shape index (κ1) is 12.3. The fourth-order valence-corrected chi connectivity index (χ4v) is 3.33. The van der Waals surface area contributed by atoms with Gasteiger partial charge in [0.25, 0.3) is 0 Å². The summed E-state index contributed by atoms with van der Waals surface area (Å²) in [7, 11) is 0. The highest BCUT2D eigenvalue weighted by Crippen LogP contribution is 2.45. The van der Waals surface area contributed by atoms with Crippen LogP contribution in [0.15, 0.2) is 18.2 Å². The molecule has 2 unspecified atom stereocenters. The van der Waals surface area contributed by atoms with Crippen LogP contribution in [0.2, 0.25) is 0 Å². The van der Waals surface area contributed by atoms with Gasteiger partial charge < -0.3 is 10.1 Å². The van der Waals surface area contributed by atoms with Gasteiger partial charge >= 0.3 is 6.03 Å². The third-order valence-electron chi connectivity index (χ3n) is 4.07. The lowest BCUT2D eigenvalue weighted by Crippen LogP contribution is -2.66. The summed E-state index contributed by atoms with van der Waals surface area (Å²) >= 11 is 0. The van der Waals surface area contributed by atoms with E-state index < -0.39 is 5.72 Å². The molecule has 102 valence electrons. The van der Waals surface area contributed by atoms with E-state index in [1.54, 1.807) is 4.90 Å². The number of amides is 2. The Hall–Kier alpha value is -1.71. The first-order valence-corrected chi connectivity index (χ1v) is 6.81. The van der Waals surface area contributed by atoms with Crippen LogP contribution in [0.4, 0.5) is 4.79 Å². The van der Waals surface area contributed by atoms with Crippen molar-refractivity contribution in [2.75, 3.05) is 0 Å². The Morgan fingerprint density at radius 1 is 1.47 bits per heavy atom. The summed E-state index contributed by atoms with van der Waals surface area (Å²) in [6.07, 6.45) is 0.785. The first-order valence-electron chi connectivity index (χ1n) is 6.81. The van der Waals surface area contributed by atoms with Crippen molar-refractivity contribution < 1.29 is 9.53 Å². The van der Waals surface area contributed by atoms with Gasteiger partial charge in [0.1, 0.15) is 5.75 Å². The van der Waals surface area contributed by atoms with Crippen molar-refractivity contribution in [3.05, 3.63) is 29.3 Å².